The minimum atomic E-state index is 0.982. The summed E-state index contributed by atoms with van der Waals surface area (Å²) in [6.07, 6.45) is 4.37. The summed E-state index contributed by atoms with van der Waals surface area (Å²) in [5.74, 6) is 0. The average molecular weight is 244 g/mol. The molecule has 2 heteroatoms. The number of hydrogen-bond donors (Lipinski definition) is 1. The zero-order valence-corrected chi connectivity index (χ0v) is 11.4. The van der Waals surface area contributed by atoms with E-state index in [1.165, 1.54) is 24.0 Å². The van der Waals surface area contributed by atoms with Gasteiger partial charge in [0.05, 0.1) is 0 Å². The van der Waals surface area contributed by atoms with E-state index >= 15 is 0 Å². The number of fused-ring (bicyclic) bond motifs is 1. The van der Waals surface area contributed by atoms with Crippen LogP contribution in [-0.4, -0.2) is 24.5 Å². The third kappa shape index (κ3) is 3.21. The third-order valence-electron chi connectivity index (χ3n) is 3.56. The number of rotatable bonds is 6. The minimum absolute atomic E-state index is 0.982. The third-order valence-corrected chi connectivity index (χ3v) is 3.56. The van der Waals surface area contributed by atoms with Gasteiger partial charge in [-0.3, -0.25) is 4.90 Å². The molecule has 98 valence electrons. The largest absolute Gasteiger partial charge is 0.312 e. The molecule has 0 amide bonds. The van der Waals surface area contributed by atoms with Crippen molar-refractivity contribution in [3.63, 3.8) is 0 Å². The lowest BCUT2D eigenvalue weighted by Gasteiger charge is -2.25. The van der Waals surface area contributed by atoms with Crippen LogP contribution in [0.1, 0.15) is 30.0 Å². The van der Waals surface area contributed by atoms with Crippen LogP contribution in [0.2, 0.25) is 0 Å². The molecule has 0 bridgehead atoms. The Morgan fingerprint density at radius 1 is 1.44 bits per heavy atom. The van der Waals surface area contributed by atoms with Crippen molar-refractivity contribution in [2.45, 2.75) is 32.9 Å². The van der Waals surface area contributed by atoms with E-state index in [0.29, 0.717) is 0 Å². The molecule has 2 rings (SSSR count). The van der Waals surface area contributed by atoms with Gasteiger partial charge in [-0.15, -0.1) is 6.58 Å². The number of nitrogens with one attached hydrogen (secondary N) is 1. The van der Waals surface area contributed by atoms with Crippen LogP contribution in [0.4, 0.5) is 0 Å². The standard InChI is InChI=1S/C16H24N2/c1-3-10-18(11-4-2)13-15-7-5-6-14-12-17-9-8-16(14)15/h3,5-7,17H,1,4,8-13H2,2H3. The predicted molar refractivity (Wildman–Crippen MR) is 77.6 cm³/mol. The smallest absolute Gasteiger partial charge is 0.0239 e. The number of nitrogens with zero attached hydrogens (tertiary/aromatic N) is 1. The molecule has 0 fully saturated rings. The van der Waals surface area contributed by atoms with E-state index in [1.807, 2.05) is 6.08 Å². The lowest BCUT2D eigenvalue weighted by Crippen LogP contribution is -2.28. The van der Waals surface area contributed by atoms with E-state index in [0.717, 1.165) is 32.7 Å². The molecule has 1 aromatic rings. The van der Waals surface area contributed by atoms with Crippen molar-refractivity contribution in [3.05, 3.63) is 47.5 Å². The molecule has 0 aromatic heterocycles. The van der Waals surface area contributed by atoms with Gasteiger partial charge >= 0.3 is 0 Å². The van der Waals surface area contributed by atoms with Crippen LogP contribution in [0.3, 0.4) is 0 Å². The molecule has 1 aromatic carbocycles. The molecular weight excluding hydrogens is 220 g/mol. The van der Waals surface area contributed by atoms with Crippen molar-refractivity contribution in [1.82, 2.24) is 10.2 Å². The van der Waals surface area contributed by atoms with E-state index in [-0.39, 0.29) is 0 Å². The molecule has 0 atom stereocenters. The highest BCUT2D eigenvalue weighted by molar-refractivity contribution is 5.37. The van der Waals surface area contributed by atoms with Gasteiger partial charge < -0.3 is 5.32 Å². The first-order valence-corrected chi connectivity index (χ1v) is 6.98. The van der Waals surface area contributed by atoms with Gasteiger partial charge in [0.2, 0.25) is 0 Å². The Bertz CT molecular complexity index is 398. The van der Waals surface area contributed by atoms with E-state index in [1.54, 1.807) is 5.56 Å². The summed E-state index contributed by atoms with van der Waals surface area (Å²) in [5, 5.41) is 3.44. The van der Waals surface area contributed by atoms with E-state index in [2.05, 4.69) is 41.9 Å². The second-order valence-corrected chi connectivity index (χ2v) is 5.01. The Kier molecular flexibility index (Phi) is 4.97. The molecule has 18 heavy (non-hydrogen) atoms. The van der Waals surface area contributed by atoms with Crippen LogP contribution < -0.4 is 5.32 Å². The van der Waals surface area contributed by atoms with Crippen LogP contribution in [0.5, 0.6) is 0 Å². The maximum Gasteiger partial charge on any atom is 0.0239 e. The lowest BCUT2D eigenvalue weighted by molar-refractivity contribution is 0.294. The number of hydrogen-bond acceptors (Lipinski definition) is 2. The van der Waals surface area contributed by atoms with Crippen LogP contribution in [0.15, 0.2) is 30.9 Å². The molecule has 1 N–H and O–H groups in total. The first kappa shape index (κ1) is 13.3. The Morgan fingerprint density at radius 2 is 2.33 bits per heavy atom. The molecule has 1 aliphatic rings. The van der Waals surface area contributed by atoms with Gasteiger partial charge in [-0.2, -0.15) is 0 Å². The summed E-state index contributed by atoms with van der Waals surface area (Å²) in [6.45, 7) is 11.4. The molecular formula is C16H24N2. The van der Waals surface area contributed by atoms with Crippen LogP contribution >= 0.6 is 0 Å². The Labute approximate surface area is 111 Å². The van der Waals surface area contributed by atoms with Crippen molar-refractivity contribution in [2.75, 3.05) is 19.6 Å². The molecule has 0 saturated heterocycles. The fourth-order valence-electron chi connectivity index (χ4n) is 2.73. The molecule has 0 unspecified atom stereocenters. The Morgan fingerprint density at radius 3 is 3.11 bits per heavy atom. The van der Waals surface area contributed by atoms with Gasteiger partial charge in [0.1, 0.15) is 0 Å². The highest BCUT2D eigenvalue weighted by Crippen LogP contribution is 2.20. The van der Waals surface area contributed by atoms with Crippen LogP contribution in [-0.2, 0) is 19.5 Å². The SMILES string of the molecule is C=CCN(CCC)Cc1cccc2c1CCNC2. The highest BCUT2D eigenvalue weighted by atomic mass is 15.1. The Hall–Kier alpha value is -1.12. The normalized spacial score (nSPS) is 14.6. The molecule has 0 saturated carbocycles. The highest BCUT2D eigenvalue weighted by Gasteiger charge is 2.13. The van der Waals surface area contributed by atoms with Gasteiger partial charge in [-0.05, 0) is 42.6 Å². The zero-order chi connectivity index (χ0) is 12.8. The number of benzene rings is 1. The molecule has 0 radical (unpaired) electrons. The summed E-state index contributed by atoms with van der Waals surface area (Å²) < 4.78 is 0. The fraction of sp³-hybridized carbons (Fsp3) is 0.500. The molecule has 0 aliphatic carbocycles. The summed E-state index contributed by atoms with van der Waals surface area (Å²) in [4.78, 5) is 2.48. The topological polar surface area (TPSA) is 15.3 Å². The maximum absolute atomic E-state index is 3.86. The zero-order valence-electron chi connectivity index (χ0n) is 11.4. The lowest BCUT2D eigenvalue weighted by atomic mass is 9.95. The molecule has 1 aliphatic heterocycles. The maximum atomic E-state index is 3.86. The van der Waals surface area contributed by atoms with E-state index in [4.69, 9.17) is 0 Å². The second-order valence-electron chi connectivity index (χ2n) is 5.01. The fourth-order valence-corrected chi connectivity index (χ4v) is 2.73. The molecule has 2 nitrogen and oxygen atoms in total. The minimum Gasteiger partial charge on any atom is -0.312 e. The summed E-state index contributed by atoms with van der Waals surface area (Å²) in [5.41, 5.74) is 4.56. The van der Waals surface area contributed by atoms with Gasteiger partial charge in [0.25, 0.3) is 0 Å². The van der Waals surface area contributed by atoms with Crippen molar-refractivity contribution in [2.24, 2.45) is 0 Å². The van der Waals surface area contributed by atoms with Gasteiger partial charge in [-0.25, -0.2) is 0 Å². The predicted octanol–water partition coefficient (Wildman–Crippen LogP) is 2.73. The first-order valence-electron chi connectivity index (χ1n) is 6.98. The van der Waals surface area contributed by atoms with Crippen molar-refractivity contribution in [3.8, 4) is 0 Å². The molecule has 1 heterocycles. The monoisotopic (exact) mass is 244 g/mol. The summed E-state index contributed by atoms with van der Waals surface area (Å²) >= 11 is 0. The van der Waals surface area contributed by atoms with Gasteiger partial charge in [0.15, 0.2) is 0 Å². The molecule has 0 spiro atoms. The van der Waals surface area contributed by atoms with Gasteiger partial charge in [-0.1, -0.05) is 31.2 Å². The first-order chi connectivity index (χ1) is 8.85. The summed E-state index contributed by atoms with van der Waals surface area (Å²) in [7, 11) is 0. The van der Waals surface area contributed by atoms with E-state index < -0.39 is 0 Å². The second kappa shape index (κ2) is 6.72. The quantitative estimate of drug-likeness (QED) is 0.774. The van der Waals surface area contributed by atoms with E-state index in [9.17, 15) is 0 Å². The Balaban J connectivity index is 2.14. The van der Waals surface area contributed by atoms with Gasteiger partial charge in [0, 0.05) is 19.6 Å². The van der Waals surface area contributed by atoms with Crippen molar-refractivity contribution in [1.29, 1.82) is 0 Å². The summed E-state index contributed by atoms with van der Waals surface area (Å²) in [6, 6.07) is 6.73. The van der Waals surface area contributed by atoms with Crippen LogP contribution in [0, 0.1) is 0 Å². The van der Waals surface area contributed by atoms with Crippen molar-refractivity contribution >= 4 is 0 Å². The average Bonchev–Trinajstić information content (AvgIpc) is 2.40. The van der Waals surface area contributed by atoms with Crippen LogP contribution in [0.25, 0.3) is 0 Å². The van der Waals surface area contributed by atoms with Crippen molar-refractivity contribution < 1.29 is 0 Å².